The van der Waals surface area contributed by atoms with Gasteiger partial charge in [-0.2, -0.15) is 0 Å². The van der Waals surface area contributed by atoms with Gasteiger partial charge in [0.25, 0.3) is 0 Å². The van der Waals surface area contributed by atoms with Gasteiger partial charge in [0.05, 0.1) is 0 Å². The lowest BCUT2D eigenvalue weighted by molar-refractivity contribution is 0.675. The zero-order chi connectivity index (χ0) is 11.3. The molecule has 1 heterocycles. The first kappa shape index (κ1) is 12.3. The normalized spacial score (nSPS) is 12.7. The smallest absolute Gasteiger partial charge is 0.126 e. The first-order chi connectivity index (χ1) is 7.13. The van der Waals surface area contributed by atoms with Crippen molar-refractivity contribution in [2.24, 2.45) is 0 Å². The van der Waals surface area contributed by atoms with Crippen molar-refractivity contribution in [1.29, 1.82) is 0 Å². The fourth-order valence-corrected chi connectivity index (χ4v) is 1.94. The summed E-state index contributed by atoms with van der Waals surface area (Å²) in [5.74, 6) is 0.640. The van der Waals surface area contributed by atoms with E-state index in [0.29, 0.717) is 5.82 Å². The number of pyridine rings is 1. The van der Waals surface area contributed by atoms with Gasteiger partial charge in [0.1, 0.15) is 5.82 Å². The number of nitrogen functional groups attached to an aromatic ring is 1. The van der Waals surface area contributed by atoms with Crippen LogP contribution in [0, 0.1) is 6.92 Å². The highest BCUT2D eigenvalue weighted by molar-refractivity contribution is 6.20. The number of halogens is 1. The summed E-state index contributed by atoms with van der Waals surface area (Å²) < 4.78 is 0. The molecule has 1 aromatic rings. The molecule has 3 heteroatoms. The minimum absolute atomic E-state index is 0.259. The lowest BCUT2D eigenvalue weighted by Gasteiger charge is -2.09. The standard InChI is InChI=1S/C12H19ClN2/c1-3-4-11(13)6-5-10-7-9(2)8-15-12(10)14/h7-8,11H,3-6H2,1-2H3,(H2,14,15). The van der Waals surface area contributed by atoms with E-state index >= 15 is 0 Å². The van der Waals surface area contributed by atoms with E-state index in [0.717, 1.165) is 36.8 Å². The van der Waals surface area contributed by atoms with Crippen molar-refractivity contribution in [3.63, 3.8) is 0 Å². The summed E-state index contributed by atoms with van der Waals surface area (Å²) in [4.78, 5) is 4.14. The quantitative estimate of drug-likeness (QED) is 0.783. The Kier molecular flexibility index (Phi) is 4.89. The van der Waals surface area contributed by atoms with E-state index in [4.69, 9.17) is 17.3 Å². The van der Waals surface area contributed by atoms with Gasteiger partial charge in [-0.1, -0.05) is 19.4 Å². The van der Waals surface area contributed by atoms with Gasteiger partial charge >= 0.3 is 0 Å². The van der Waals surface area contributed by atoms with Crippen LogP contribution in [0.5, 0.6) is 0 Å². The number of alkyl halides is 1. The highest BCUT2D eigenvalue weighted by Gasteiger charge is 2.06. The van der Waals surface area contributed by atoms with Crippen LogP contribution in [-0.2, 0) is 6.42 Å². The number of anilines is 1. The highest BCUT2D eigenvalue weighted by atomic mass is 35.5. The summed E-state index contributed by atoms with van der Waals surface area (Å²) >= 11 is 6.16. The molecule has 0 spiro atoms. The van der Waals surface area contributed by atoms with E-state index < -0.39 is 0 Å². The zero-order valence-corrected chi connectivity index (χ0v) is 10.2. The van der Waals surface area contributed by atoms with Crippen LogP contribution >= 0.6 is 11.6 Å². The third kappa shape index (κ3) is 4.08. The van der Waals surface area contributed by atoms with Crippen LogP contribution < -0.4 is 5.73 Å². The minimum Gasteiger partial charge on any atom is -0.383 e. The number of hydrogen-bond donors (Lipinski definition) is 1. The summed E-state index contributed by atoms with van der Waals surface area (Å²) in [6.45, 7) is 4.18. The maximum absolute atomic E-state index is 6.16. The molecule has 0 saturated heterocycles. The number of rotatable bonds is 5. The predicted octanol–water partition coefficient (Wildman–Crippen LogP) is 3.31. The molecule has 84 valence electrons. The van der Waals surface area contributed by atoms with Crippen LogP contribution in [0.3, 0.4) is 0 Å². The Balaban J connectivity index is 2.53. The molecule has 0 aliphatic heterocycles. The fraction of sp³-hybridized carbons (Fsp3) is 0.583. The van der Waals surface area contributed by atoms with Gasteiger partial charge in [-0.15, -0.1) is 11.6 Å². The second kappa shape index (κ2) is 5.96. The topological polar surface area (TPSA) is 38.9 Å². The average molecular weight is 227 g/mol. The van der Waals surface area contributed by atoms with Gasteiger partial charge in [0.2, 0.25) is 0 Å². The molecular formula is C12H19ClN2. The Hall–Kier alpha value is -0.760. The average Bonchev–Trinajstić information content (AvgIpc) is 2.20. The van der Waals surface area contributed by atoms with Gasteiger partial charge < -0.3 is 5.73 Å². The predicted molar refractivity (Wildman–Crippen MR) is 66.3 cm³/mol. The first-order valence-electron chi connectivity index (χ1n) is 5.48. The van der Waals surface area contributed by atoms with Crippen molar-refractivity contribution in [2.45, 2.75) is 44.9 Å². The highest BCUT2D eigenvalue weighted by Crippen LogP contribution is 2.17. The summed E-state index contributed by atoms with van der Waals surface area (Å²) in [7, 11) is 0. The molecular weight excluding hydrogens is 208 g/mol. The molecule has 0 amide bonds. The maximum Gasteiger partial charge on any atom is 0.126 e. The SMILES string of the molecule is CCCC(Cl)CCc1cc(C)cnc1N. The molecule has 0 aliphatic rings. The number of nitrogens with two attached hydrogens (primary N) is 1. The van der Waals surface area contributed by atoms with E-state index in [1.54, 1.807) is 6.20 Å². The number of aryl methyl sites for hydroxylation is 2. The Morgan fingerprint density at radius 1 is 1.47 bits per heavy atom. The van der Waals surface area contributed by atoms with Gasteiger partial charge in [-0.05, 0) is 37.3 Å². The fourth-order valence-electron chi connectivity index (χ4n) is 1.61. The monoisotopic (exact) mass is 226 g/mol. The van der Waals surface area contributed by atoms with Crippen molar-refractivity contribution >= 4 is 17.4 Å². The van der Waals surface area contributed by atoms with E-state index in [1.807, 2.05) is 6.92 Å². The van der Waals surface area contributed by atoms with Gasteiger partial charge in [-0.25, -0.2) is 4.98 Å². The van der Waals surface area contributed by atoms with Crippen LogP contribution in [0.4, 0.5) is 5.82 Å². The van der Waals surface area contributed by atoms with Crippen molar-refractivity contribution in [3.8, 4) is 0 Å². The van der Waals surface area contributed by atoms with E-state index in [1.165, 1.54) is 0 Å². The van der Waals surface area contributed by atoms with Crippen molar-refractivity contribution in [3.05, 3.63) is 23.4 Å². The largest absolute Gasteiger partial charge is 0.383 e. The Morgan fingerprint density at radius 2 is 2.20 bits per heavy atom. The molecule has 0 radical (unpaired) electrons. The Bertz CT molecular complexity index is 312. The molecule has 0 aliphatic carbocycles. The van der Waals surface area contributed by atoms with Crippen molar-refractivity contribution in [2.75, 3.05) is 5.73 Å². The second-order valence-corrected chi connectivity index (χ2v) is 4.60. The van der Waals surface area contributed by atoms with Gasteiger partial charge in [-0.3, -0.25) is 0 Å². The molecule has 0 saturated carbocycles. The minimum atomic E-state index is 0.259. The molecule has 1 atom stereocenters. The van der Waals surface area contributed by atoms with Crippen LogP contribution in [-0.4, -0.2) is 10.4 Å². The summed E-state index contributed by atoms with van der Waals surface area (Å²) in [5, 5.41) is 0.259. The van der Waals surface area contributed by atoms with Crippen molar-refractivity contribution < 1.29 is 0 Å². The Morgan fingerprint density at radius 3 is 2.87 bits per heavy atom. The van der Waals surface area contributed by atoms with Crippen molar-refractivity contribution in [1.82, 2.24) is 4.98 Å². The molecule has 0 fully saturated rings. The summed E-state index contributed by atoms with van der Waals surface area (Å²) in [6.07, 6.45) is 5.90. The third-order valence-electron chi connectivity index (χ3n) is 2.47. The Labute approximate surface area is 96.8 Å². The molecule has 2 N–H and O–H groups in total. The summed E-state index contributed by atoms with van der Waals surface area (Å²) in [6, 6.07) is 2.10. The third-order valence-corrected chi connectivity index (χ3v) is 2.90. The van der Waals surface area contributed by atoms with Crippen LogP contribution in [0.25, 0.3) is 0 Å². The zero-order valence-electron chi connectivity index (χ0n) is 9.46. The molecule has 1 aromatic heterocycles. The molecule has 0 bridgehead atoms. The number of nitrogens with zero attached hydrogens (tertiary/aromatic N) is 1. The van der Waals surface area contributed by atoms with Crippen LogP contribution in [0.15, 0.2) is 12.3 Å². The molecule has 1 unspecified atom stereocenters. The second-order valence-electron chi connectivity index (χ2n) is 3.98. The van der Waals surface area contributed by atoms with E-state index in [-0.39, 0.29) is 5.38 Å². The summed E-state index contributed by atoms with van der Waals surface area (Å²) in [5.41, 5.74) is 8.07. The van der Waals surface area contributed by atoms with Crippen LogP contribution in [0.2, 0.25) is 0 Å². The maximum atomic E-state index is 6.16. The number of hydrogen-bond acceptors (Lipinski definition) is 2. The lowest BCUT2D eigenvalue weighted by atomic mass is 10.1. The van der Waals surface area contributed by atoms with Gasteiger partial charge in [0, 0.05) is 11.6 Å². The van der Waals surface area contributed by atoms with E-state index in [9.17, 15) is 0 Å². The molecule has 1 rings (SSSR count). The van der Waals surface area contributed by atoms with Crippen LogP contribution in [0.1, 0.15) is 37.3 Å². The number of aromatic nitrogens is 1. The first-order valence-corrected chi connectivity index (χ1v) is 5.92. The molecule has 2 nitrogen and oxygen atoms in total. The molecule has 0 aromatic carbocycles. The van der Waals surface area contributed by atoms with E-state index in [2.05, 4.69) is 18.0 Å². The lowest BCUT2D eigenvalue weighted by Crippen LogP contribution is -2.04. The molecule has 15 heavy (non-hydrogen) atoms. The van der Waals surface area contributed by atoms with Gasteiger partial charge in [0.15, 0.2) is 0 Å².